The van der Waals surface area contributed by atoms with E-state index in [0.717, 1.165) is 15.9 Å². The van der Waals surface area contributed by atoms with Gasteiger partial charge in [-0.3, -0.25) is 9.69 Å². The number of amides is 1. The van der Waals surface area contributed by atoms with Crippen LogP contribution in [0.3, 0.4) is 0 Å². The predicted octanol–water partition coefficient (Wildman–Crippen LogP) is 5.03. The fourth-order valence-corrected chi connectivity index (χ4v) is 12.1. The molecule has 0 spiro atoms. The molecule has 2 aliphatic rings. The van der Waals surface area contributed by atoms with E-state index in [0.29, 0.717) is 27.5 Å². The Bertz CT molecular complexity index is 1750. The van der Waals surface area contributed by atoms with Crippen LogP contribution >= 0.6 is 11.8 Å². The maximum Gasteiger partial charge on any atom is 0.356 e. The first-order valence-electron chi connectivity index (χ1n) is 15.0. The number of ether oxygens (including phenoxy) is 2. The second-order valence-electron chi connectivity index (χ2n) is 12.2. The van der Waals surface area contributed by atoms with Crippen LogP contribution in [-0.2, 0) is 25.4 Å². The van der Waals surface area contributed by atoms with Crippen molar-refractivity contribution < 1.29 is 23.5 Å². The minimum Gasteiger partial charge on any atom is -0.497 e. The number of aromatic amines is 1. The largest absolute Gasteiger partial charge is 0.497 e. The lowest BCUT2D eigenvalue weighted by molar-refractivity contribution is -0.146. The summed E-state index contributed by atoms with van der Waals surface area (Å²) in [6, 6.07) is 28.0. The minimum atomic E-state index is -2.93. The SMILES string of the molecule is COc1ccc(COC(=O)C2=C(CO[Si](c3ccccc3)(c3ccccc3)C(C)(C)C)S[C@@H]3C(=C(C)c4cn[nH]n4)C(=O)N23)cc1. The smallest absolute Gasteiger partial charge is 0.356 e. The van der Waals surface area contributed by atoms with Crippen LogP contribution in [0.25, 0.3) is 5.57 Å². The highest BCUT2D eigenvalue weighted by Gasteiger charge is 2.55. The number of thioether (sulfide) groups is 1. The molecule has 0 aliphatic carbocycles. The molecule has 3 heterocycles. The molecule has 0 saturated carbocycles. The zero-order chi connectivity index (χ0) is 32.5. The Morgan fingerprint density at radius 2 is 1.59 bits per heavy atom. The number of nitrogens with one attached hydrogen (secondary N) is 1. The Balaban J connectivity index is 1.37. The van der Waals surface area contributed by atoms with Gasteiger partial charge in [-0.1, -0.05) is 105 Å². The van der Waals surface area contributed by atoms with Crippen molar-refractivity contribution in [1.82, 2.24) is 20.3 Å². The lowest BCUT2D eigenvalue weighted by Crippen LogP contribution is -2.66. The Morgan fingerprint density at radius 3 is 2.13 bits per heavy atom. The van der Waals surface area contributed by atoms with Crippen molar-refractivity contribution in [3.63, 3.8) is 0 Å². The molecule has 1 aromatic heterocycles. The molecule has 1 N–H and O–H groups in total. The van der Waals surface area contributed by atoms with Gasteiger partial charge in [-0.25, -0.2) is 4.79 Å². The number of carbonyl (C=O) groups excluding carboxylic acids is 2. The van der Waals surface area contributed by atoms with Gasteiger partial charge in [-0.2, -0.15) is 15.4 Å². The van der Waals surface area contributed by atoms with Gasteiger partial charge in [0.1, 0.15) is 29.1 Å². The van der Waals surface area contributed by atoms with Crippen LogP contribution in [0.4, 0.5) is 0 Å². The second-order valence-corrected chi connectivity index (χ2v) is 17.7. The Hall–Kier alpha value is -4.45. The summed E-state index contributed by atoms with van der Waals surface area (Å²) >= 11 is 1.45. The number of benzene rings is 3. The summed E-state index contributed by atoms with van der Waals surface area (Å²) in [5, 5.41) is 12.3. The molecule has 1 atom stereocenters. The van der Waals surface area contributed by atoms with E-state index in [4.69, 9.17) is 13.9 Å². The van der Waals surface area contributed by atoms with Crippen LogP contribution in [0, 0.1) is 0 Å². The summed E-state index contributed by atoms with van der Waals surface area (Å²) in [5.74, 6) is -0.114. The van der Waals surface area contributed by atoms with Gasteiger partial charge in [0.15, 0.2) is 0 Å². The summed E-state index contributed by atoms with van der Waals surface area (Å²) in [4.78, 5) is 29.7. The topological polar surface area (TPSA) is 107 Å². The van der Waals surface area contributed by atoms with Crippen molar-refractivity contribution in [3.8, 4) is 5.75 Å². The number of rotatable bonds is 10. The van der Waals surface area contributed by atoms with E-state index in [1.165, 1.54) is 16.7 Å². The van der Waals surface area contributed by atoms with Crippen LogP contribution in [0.15, 0.2) is 107 Å². The van der Waals surface area contributed by atoms with E-state index in [-0.39, 0.29) is 29.9 Å². The zero-order valence-electron chi connectivity index (χ0n) is 26.4. The summed E-state index contributed by atoms with van der Waals surface area (Å²) in [5.41, 5.74) is 2.92. The highest BCUT2D eigenvalue weighted by atomic mass is 32.2. The van der Waals surface area contributed by atoms with Crippen LogP contribution in [0.5, 0.6) is 5.75 Å². The highest BCUT2D eigenvalue weighted by Crippen LogP contribution is 2.51. The average molecular weight is 653 g/mol. The minimum absolute atomic E-state index is 0.0488. The normalized spacial score (nSPS) is 17.5. The number of β-lactam (4-membered cyclic amide) rings is 1. The van der Waals surface area contributed by atoms with Crippen LogP contribution in [0.2, 0.25) is 5.04 Å². The number of esters is 1. The standard InChI is InChI=1S/C35H36N4O5SSi/c1-23(28-20-36-38-37-28)30-32(40)39-31(34(41)43-21-24-16-18-25(42-5)19-17-24)29(45-33(30)39)22-44-46(35(2,3)4,26-12-8-6-9-13-26)27-14-10-7-11-15-27/h6-20,33H,21-22H2,1-5H3,(H,36,37,38)/t33-/m1/s1. The molecule has 9 nitrogen and oxygen atoms in total. The molecule has 236 valence electrons. The van der Waals surface area contributed by atoms with Gasteiger partial charge in [0.25, 0.3) is 14.2 Å². The quantitative estimate of drug-likeness (QED) is 0.110. The third kappa shape index (κ3) is 5.59. The number of H-pyrrole nitrogens is 1. The molecule has 0 bridgehead atoms. The van der Waals surface area contributed by atoms with Gasteiger partial charge >= 0.3 is 5.97 Å². The predicted molar refractivity (Wildman–Crippen MR) is 181 cm³/mol. The van der Waals surface area contributed by atoms with E-state index < -0.39 is 19.7 Å². The molecule has 6 rings (SSSR count). The number of hydrogen-bond acceptors (Lipinski definition) is 8. The monoisotopic (exact) mass is 652 g/mol. The first-order chi connectivity index (χ1) is 22.2. The van der Waals surface area contributed by atoms with Gasteiger partial charge in [0.05, 0.1) is 25.5 Å². The molecule has 0 radical (unpaired) electrons. The van der Waals surface area contributed by atoms with Crippen LogP contribution in [-0.4, -0.2) is 59.6 Å². The maximum atomic E-state index is 13.9. The zero-order valence-corrected chi connectivity index (χ0v) is 28.3. The van der Waals surface area contributed by atoms with Crippen molar-refractivity contribution in [2.45, 2.75) is 44.7 Å². The molecular weight excluding hydrogens is 617 g/mol. The van der Waals surface area contributed by atoms with E-state index >= 15 is 0 Å². The molecule has 11 heteroatoms. The summed E-state index contributed by atoms with van der Waals surface area (Å²) in [6.07, 6.45) is 1.59. The molecule has 4 aromatic rings. The number of hydrogen-bond donors (Lipinski definition) is 1. The Kier molecular flexibility index (Phi) is 8.73. The van der Waals surface area contributed by atoms with Crippen LogP contribution < -0.4 is 15.1 Å². The Morgan fingerprint density at radius 1 is 0.957 bits per heavy atom. The number of nitrogens with zero attached hydrogens (tertiary/aromatic N) is 3. The number of fused-ring (bicyclic) bond motifs is 1. The summed E-state index contributed by atoms with van der Waals surface area (Å²) in [6.45, 7) is 8.66. The molecule has 1 amide bonds. The number of carbonyl (C=O) groups is 2. The second kappa shape index (κ2) is 12.7. The van der Waals surface area contributed by atoms with Gasteiger partial charge < -0.3 is 13.9 Å². The highest BCUT2D eigenvalue weighted by molar-refractivity contribution is 8.04. The fourth-order valence-electron chi connectivity index (χ4n) is 6.12. The number of allylic oxidation sites excluding steroid dienone is 1. The lowest BCUT2D eigenvalue weighted by Gasteiger charge is -2.43. The van der Waals surface area contributed by atoms with Crippen molar-refractivity contribution >= 4 is 47.9 Å². The van der Waals surface area contributed by atoms with Gasteiger partial charge in [-0.05, 0) is 45.6 Å². The fraction of sp³-hybridized carbons (Fsp3) is 0.257. The van der Waals surface area contributed by atoms with Gasteiger partial charge in [0, 0.05) is 4.91 Å². The Labute approximate surface area is 273 Å². The molecule has 0 unspecified atom stereocenters. The molecule has 46 heavy (non-hydrogen) atoms. The van der Waals surface area contributed by atoms with Crippen molar-refractivity contribution in [2.75, 3.05) is 13.7 Å². The van der Waals surface area contributed by atoms with E-state index in [2.05, 4.69) is 60.4 Å². The van der Waals surface area contributed by atoms with Crippen molar-refractivity contribution in [2.24, 2.45) is 0 Å². The average Bonchev–Trinajstić information content (AvgIpc) is 3.72. The third-order valence-corrected chi connectivity index (χ3v) is 14.7. The van der Waals surface area contributed by atoms with Crippen LogP contribution in [0.1, 0.15) is 39.0 Å². The van der Waals surface area contributed by atoms with Crippen molar-refractivity contribution in [1.29, 1.82) is 0 Å². The first-order valence-corrected chi connectivity index (χ1v) is 17.8. The summed E-state index contributed by atoms with van der Waals surface area (Å²) < 4.78 is 18.3. The molecule has 1 fully saturated rings. The van der Waals surface area contributed by atoms with Gasteiger partial charge in [0.2, 0.25) is 0 Å². The number of aromatic nitrogens is 3. The number of methoxy groups -OCH3 is 1. The summed E-state index contributed by atoms with van der Waals surface area (Å²) in [7, 11) is -1.33. The molecule has 3 aromatic carbocycles. The van der Waals surface area contributed by atoms with E-state index in [9.17, 15) is 9.59 Å². The van der Waals surface area contributed by atoms with E-state index in [1.807, 2.05) is 67.6 Å². The van der Waals surface area contributed by atoms with Crippen molar-refractivity contribution in [3.05, 3.63) is 119 Å². The molecule has 2 aliphatic heterocycles. The maximum absolute atomic E-state index is 13.9. The van der Waals surface area contributed by atoms with E-state index in [1.54, 1.807) is 13.3 Å². The lowest BCUT2D eigenvalue weighted by atomic mass is 9.97. The van der Waals surface area contributed by atoms with Gasteiger partial charge in [-0.15, -0.1) is 0 Å². The third-order valence-electron chi connectivity index (χ3n) is 8.45. The molecule has 1 saturated heterocycles. The molecular formula is C35H36N4O5SSi. The first kappa shape index (κ1) is 31.5.